The van der Waals surface area contributed by atoms with Crippen LogP contribution in [0.1, 0.15) is 32.3 Å². The third kappa shape index (κ3) is 3.63. The lowest BCUT2D eigenvalue weighted by Crippen LogP contribution is -2.47. The van der Waals surface area contributed by atoms with Crippen molar-refractivity contribution in [2.24, 2.45) is 0 Å². The summed E-state index contributed by atoms with van der Waals surface area (Å²) in [4.78, 5) is 0. The molecule has 0 unspecified atom stereocenters. The van der Waals surface area contributed by atoms with Crippen LogP contribution in [0.3, 0.4) is 0 Å². The number of hydrogen-bond donors (Lipinski definition) is 1. The number of ether oxygens (including phenoxy) is 1. The highest BCUT2D eigenvalue weighted by molar-refractivity contribution is 5.28. The average molecular weight is 262 g/mol. The summed E-state index contributed by atoms with van der Waals surface area (Å²) in [7, 11) is 0. The molecule has 0 fully saturated rings. The minimum atomic E-state index is -4.70. The standard InChI is InChI=1S/C13H17F3O2/c1-9(2)10-4-6-11(7-5-10)18-8-12(3,17)13(14,15)16/h4-7,9,17H,8H2,1-3H3/t12-/m0/s1. The molecular weight excluding hydrogens is 245 g/mol. The number of benzene rings is 1. The molecule has 1 aromatic carbocycles. The Morgan fingerprint density at radius 3 is 2.06 bits per heavy atom. The summed E-state index contributed by atoms with van der Waals surface area (Å²) in [5.74, 6) is 0.654. The minimum absolute atomic E-state index is 0.309. The van der Waals surface area contributed by atoms with Crippen molar-refractivity contribution in [2.45, 2.75) is 38.5 Å². The van der Waals surface area contributed by atoms with Gasteiger partial charge in [-0.3, -0.25) is 0 Å². The van der Waals surface area contributed by atoms with E-state index in [1.165, 1.54) is 0 Å². The molecule has 1 N–H and O–H groups in total. The molecule has 0 saturated carbocycles. The monoisotopic (exact) mass is 262 g/mol. The van der Waals surface area contributed by atoms with Crippen molar-refractivity contribution in [3.05, 3.63) is 29.8 Å². The highest BCUT2D eigenvalue weighted by Gasteiger charge is 2.50. The van der Waals surface area contributed by atoms with E-state index in [4.69, 9.17) is 4.74 Å². The fourth-order valence-electron chi connectivity index (χ4n) is 1.25. The van der Waals surface area contributed by atoms with E-state index in [0.29, 0.717) is 18.6 Å². The van der Waals surface area contributed by atoms with Crippen LogP contribution in [0.4, 0.5) is 13.2 Å². The number of halogens is 3. The van der Waals surface area contributed by atoms with Gasteiger partial charge in [-0.15, -0.1) is 0 Å². The normalized spacial score (nSPS) is 15.6. The molecule has 0 amide bonds. The molecule has 0 aliphatic heterocycles. The molecule has 0 aromatic heterocycles. The van der Waals surface area contributed by atoms with Gasteiger partial charge in [0.05, 0.1) is 0 Å². The van der Waals surface area contributed by atoms with E-state index < -0.39 is 18.4 Å². The predicted molar refractivity (Wildman–Crippen MR) is 62.7 cm³/mol. The van der Waals surface area contributed by atoms with E-state index >= 15 is 0 Å². The van der Waals surface area contributed by atoms with Crippen LogP contribution in [0.25, 0.3) is 0 Å². The first kappa shape index (κ1) is 14.8. The molecule has 0 heterocycles. The molecule has 102 valence electrons. The maximum atomic E-state index is 12.4. The number of hydrogen-bond acceptors (Lipinski definition) is 2. The molecule has 0 aliphatic rings. The summed E-state index contributed by atoms with van der Waals surface area (Å²) in [6.45, 7) is 3.90. The van der Waals surface area contributed by atoms with Crippen molar-refractivity contribution in [1.29, 1.82) is 0 Å². The zero-order valence-corrected chi connectivity index (χ0v) is 10.6. The lowest BCUT2D eigenvalue weighted by Gasteiger charge is -2.26. The van der Waals surface area contributed by atoms with E-state index in [0.717, 1.165) is 5.56 Å². The molecule has 18 heavy (non-hydrogen) atoms. The molecular formula is C13H17F3O2. The molecule has 0 aliphatic carbocycles. The van der Waals surface area contributed by atoms with Gasteiger partial charge in [-0.25, -0.2) is 0 Å². The average Bonchev–Trinajstić information content (AvgIpc) is 2.25. The first-order chi connectivity index (χ1) is 8.13. The minimum Gasteiger partial charge on any atom is -0.490 e. The Labute approximate surface area is 104 Å². The van der Waals surface area contributed by atoms with Gasteiger partial charge in [0.1, 0.15) is 12.4 Å². The second-order valence-electron chi connectivity index (χ2n) is 4.78. The molecule has 1 aromatic rings. The van der Waals surface area contributed by atoms with Crippen molar-refractivity contribution < 1.29 is 23.0 Å². The van der Waals surface area contributed by atoms with Crippen LogP contribution in [-0.2, 0) is 0 Å². The van der Waals surface area contributed by atoms with Gasteiger partial charge >= 0.3 is 6.18 Å². The van der Waals surface area contributed by atoms with E-state index in [2.05, 4.69) is 0 Å². The summed E-state index contributed by atoms with van der Waals surface area (Å²) >= 11 is 0. The van der Waals surface area contributed by atoms with Crippen molar-refractivity contribution in [2.75, 3.05) is 6.61 Å². The summed E-state index contributed by atoms with van der Waals surface area (Å²) in [5.41, 5.74) is -1.77. The van der Waals surface area contributed by atoms with Crippen LogP contribution in [0.2, 0.25) is 0 Å². The van der Waals surface area contributed by atoms with Gasteiger partial charge in [-0.05, 0) is 30.5 Å². The van der Waals surface area contributed by atoms with Crippen LogP contribution in [0, 0.1) is 0 Å². The smallest absolute Gasteiger partial charge is 0.420 e. The highest BCUT2D eigenvalue weighted by Crippen LogP contribution is 2.30. The fourth-order valence-corrected chi connectivity index (χ4v) is 1.25. The Kier molecular flexibility index (Phi) is 4.27. The van der Waals surface area contributed by atoms with Crippen molar-refractivity contribution >= 4 is 0 Å². The second-order valence-corrected chi connectivity index (χ2v) is 4.78. The fraction of sp³-hybridized carbons (Fsp3) is 0.538. The molecule has 1 atom stereocenters. The molecule has 5 heteroatoms. The van der Waals surface area contributed by atoms with E-state index in [1.807, 2.05) is 13.8 Å². The van der Waals surface area contributed by atoms with Crippen LogP contribution >= 0.6 is 0 Å². The summed E-state index contributed by atoms with van der Waals surface area (Å²) in [5, 5.41) is 9.21. The second kappa shape index (κ2) is 5.18. The Morgan fingerprint density at radius 1 is 1.17 bits per heavy atom. The van der Waals surface area contributed by atoms with E-state index in [1.54, 1.807) is 24.3 Å². The molecule has 2 nitrogen and oxygen atoms in total. The van der Waals surface area contributed by atoms with Crippen molar-refractivity contribution in [3.63, 3.8) is 0 Å². The predicted octanol–water partition coefficient (Wildman–Crippen LogP) is 3.50. The first-order valence-electron chi connectivity index (χ1n) is 5.65. The van der Waals surface area contributed by atoms with Crippen LogP contribution in [-0.4, -0.2) is 23.5 Å². The number of alkyl halides is 3. The Morgan fingerprint density at radius 2 is 1.67 bits per heavy atom. The zero-order chi connectivity index (χ0) is 14.0. The first-order valence-corrected chi connectivity index (χ1v) is 5.65. The summed E-state index contributed by atoms with van der Waals surface area (Å²) in [6.07, 6.45) is -4.70. The topological polar surface area (TPSA) is 29.5 Å². The molecule has 0 spiro atoms. The van der Waals surface area contributed by atoms with Crippen LogP contribution < -0.4 is 4.74 Å². The zero-order valence-electron chi connectivity index (χ0n) is 10.6. The molecule has 0 saturated heterocycles. The van der Waals surface area contributed by atoms with Crippen LogP contribution in [0.15, 0.2) is 24.3 Å². The van der Waals surface area contributed by atoms with Crippen molar-refractivity contribution in [3.8, 4) is 5.75 Å². The molecule has 1 rings (SSSR count). The van der Waals surface area contributed by atoms with Gasteiger partial charge in [-0.1, -0.05) is 26.0 Å². The SMILES string of the molecule is CC(C)c1ccc(OC[C@](C)(O)C(F)(F)F)cc1. The Bertz CT molecular complexity index is 380. The third-order valence-electron chi connectivity index (χ3n) is 2.68. The number of aliphatic hydroxyl groups is 1. The molecule has 0 bridgehead atoms. The van der Waals surface area contributed by atoms with Gasteiger partial charge in [0.25, 0.3) is 0 Å². The van der Waals surface area contributed by atoms with Gasteiger partial charge < -0.3 is 9.84 Å². The van der Waals surface area contributed by atoms with E-state index in [9.17, 15) is 18.3 Å². The summed E-state index contributed by atoms with van der Waals surface area (Å²) < 4.78 is 42.1. The number of rotatable bonds is 4. The lowest BCUT2D eigenvalue weighted by molar-refractivity contribution is -0.260. The maximum Gasteiger partial charge on any atom is 0.420 e. The lowest BCUT2D eigenvalue weighted by atomic mass is 10.0. The quantitative estimate of drug-likeness (QED) is 0.899. The molecule has 0 radical (unpaired) electrons. The van der Waals surface area contributed by atoms with Crippen LogP contribution in [0.5, 0.6) is 5.75 Å². The van der Waals surface area contributed by atoms with Gasteiger partial charge in [0.15, 0.2) is 5.60 Å². The largest absolute Gasteiger partial charge is 0.490 e. The Balaban J connectivity index is 2.64. The third-order valence-corrected chi connectivity index (χ3v) is 2.68. The maximum absolute atomic E-state index is 12.4. The van der Waals surface area contributed by atoms with E-state index in [-0.39, 0.29) is 0 Å². The van der Waals surface area contributed by atoms with Gasteiger partial charge in [0, 0.05) is 0 Å². The van der Waals surface area contributed by atoms with Gasteiger partial charge in [0.2, 0.25) is 0 Å². The summed E-state index contributed by atoms with van der Waals surface area (Å²) in [6, 6.07) is 6.79. The highest BCUT2D eigenvalue weighted by atomic mass is 19.4. The van der Waals surface area contributed by atoms with Gasteiger partial charge in [-0.2, -0.15) is 13.2 Å². The van der Waals surface area contributed by atoms with Crippen molar-refractivity contribution in [1.82, 2.24) is 0 Å². The Hall–Kier alpha value is -1.23.